The zero-order valence-corrected chi connectivity index (χ0v) is 14.4. The molecule has 0 aliphatic heterocycles. The van der Waals surface area contributed by atoms with E-state index in [0.717, 1.165) is 36.0 Å². The highest BCUT2D eigenvalue weighted by molar-refractivity contribution is 9.10. The smallest absolute Gasteiger partial charge is 0.0718 e. The average Bonchev–Trinajstić information content (AvgIpc) is 2.92. The maximum absolute atomic E-state index is 4.55. The van der Waals surface area contributed by atoms with Crippen LogP contribution in [0.5, 0.6) is 0 Å². The van der Waals surface area contributed by atoms with Gasteiger partial charge in [-0.25, -0.2) is 0 Å². The Labute approximate surface area is 133 Å². The highest BCUT2D eigenvalue weighted by Gasteiger charge is 2.16. The van der Waals surface area contributed by atoms with Gasteiger partial charge in [0.25, 0.3) is 0 Å². The number of pyridine rings is 1. The van der Waals surface area contributed by atoms with E-state index in [-0.39, 0.29) is 6.04 Å². The molecular weight excluding hydrogens is 332 g/mol. The Balaban J connectivity index is 2.17. The molecule has 2 aromatic heterocycles. The number of halogens is 1. The van der Waals surface area contributed by atoms with Crippen molar-refractivity contribution in [1.29, 1.82) is 0 Å². The Morgan fingerprint density at radius 3 is 2.70 bits per heavy atom. The Morgan fingerprint density at radius 1 is 1.25 bits per heavy atom. The minimum absolute atomic E-state index is 0.272. The van der Waals surface area contributed by atoms with Crippen LogP contribution in [0.1, 0.15) is 41.8 Å². The van der Waals surface area contributed by atoms with Crippen molar-refractivity contribution in [3.8, 4) is 0 Å². The van der Waals surface area contributed by atoms with Crippen LogP contribution in [0, 0.1) is 0 Å². The normalized spacial score (nSPS) is 12.6. The Hall–Kier alpha value is -0.710. The largest absolute Gasteiger partial charge is 0.308 e. The van der Waals surface area contributed by atoms with Gasteiger partial charge in [-0.15, -0.1) is 11.3 Å². The minimum atomic E-state index is 0.272. The SMILES string of the molecule is CCCNC(Cc1ccc(CC)s1)c1ncccc1Br. The van der Waals surface area contributed by atoms with Crippen LogP contribution in [-0.2, 0) is 12.8 Å². The number of aryl methyl sites for hydroxylation is 1. The summed E-state index contributed by atoms with van der Waals surface area (Å²) in [4.78, 5) is 7.43. The maximum atomic E-state index is 4.55. The molecule has 0 radical (unpaired) electrons. The predicted octanol–water partition coefficient (Wildman–Crippen LogP) is 4.75. The van der Waals surface area contributed by atoms with E-state index >= 15 is 0 Å². The standard InChI is InChI=1S/C16H21BrN2S/c1-3-9-18-15(16-14(17)6-5-10-19-16)11-13-8-7-12(4-2)20-13/h5-8,10,15,18H,3-4,9,11H2,1-2H3. The van der Waals surface area contributed by atoms with Gasteiger partial charge in [0.15, 0.2) is 0 Å². The molecule has 20 heavy (non-hydrogen) atoms. The summed E-state index contributed by atoms with van der Waals surface area (Å²) in [6, 6.07) is 8.79. The van der Waals surface area contributed by atoms with E-state index in [4.69, 9.17) is 0 Å². The first-order valence-corrected chi connectivity index (χ1v) is 8.77. The number of aromatic nitrogens is 1. The molecule has 0 fully saturated rings. The first kappa shape index (κ1) is 15.7. The zero-order chi connectivity index (χ0) is 14.4. The molecular formula is C16H21BrN2S. The van der Waals surface area contributed by atoms with E-state index in [9.17, 15) is 0 Å². The molecule has 0 saturated carbocycles. The summed E-state index contributed by atoms with van der Waals surface area (Å²) in [7, 11) is 0. The highest BCUT2D eigenvalue weighted by Crippen LogP contribution is 2.27. The summed E-state index contributed by atoms with van der Waals surface area (Å²) in [6.45, 7) is 5.41. The van der Waals surface area contributed by atoms with E-state index in [1.54, 1.807) is 0 Å². The maximum Gasteiger partial charge on any atom is 0.0718 e. The number of thiophene rings is 1. The number of hydrogen-bond donors (Lipinski definition) is 1. The molecule has 0 aromatic carbocycles. The number of nitrogens with one attached hydrogen (secondary N) is 1. The van der Waals surface area contributed by atoms with Crippen molar-refractivity contribution in [2.75, 3.05) is 6.54 Å². The van der Waals surface area contributed by atoms with Crippen molar-refractivity contribution in [2.45, 2.75) is 39.2 Å². The first-order chi connectivity index (χ1) is 9.74. The van der Waals surface area contributed by atoms with Crippen LogP contribution in [-0.4, -0.2) is 11.5 Å². The Morgan fingerprint density at radius 2 is 2.05 bits per heavy atom. The molecule has 0 aliphatic rings. The molecule has 2 rings (SSSR count). The van der Waals surface area contributed by atoms with Crippen LogP contribution < -0.4 is 5.32 Å². The van der Waals surface area contributed by atoms with E-state index < -0.39 is 0 Å². The second-order valence-corrected chi connectivity index (χ2v) is 6.91. The molecule has 0 amide bonds. The van der Waals surface area contributed by atoms with Gasteiger partial charge in [0, 0.05) is 26.8 Å². The molecule has 1 N–H and O–H groups in total. The van der Waals surface area contributed by atoms with E-state index in [2.05, 4.69) is 58.3 Å². The molecule has 0 bridgehead atoms. The topological polar surface area (TPSA) is 24.9 Å². The highest BCUT2D eigenvalue weighted by atomic mass is 79.9. The summed E-state index contributed by atoms with van der Waals surface area (Å²) >= 11 is 5.53. The number of nitrogens with zero attached hydrogens (tertiary/aromatic N) is 1. The van der Waals surface area contributed by atoms with Gasteiger partial charge in [-0.1, -0.05) is 13.8 Å². The third-order valence-corrected chi connectivity index (χ3v) is 5.15. The fourth-order valence-electron chi connectivity index (χ4n) is 2.16. The average molecular weight is 353 g/mol. The molecule has 2 heterocycles. The molecule has 2 aromatic rings. The summed E-state index contributed by atoms with van der Waals surface area (Å²) < 4.78 is 1.08. The van der Waals surface area contributed by atoms with Crippen molar-refractivity contribution in [2.24, 2.45) is 0 Å². The van der Waals surface area contributed by atoms with Crippen LogP contribution in [0.4, 0.5) is 0 Å². The lowest BCUT2D eigenvalue weighted by atomic mass is 10.1. The second kappa shape index (κ2) is 7.91. The monoisotopic (exact) mass is 352 g/mol. The number of hydrogen-bond acceptors (Lipinski definition) is 3. The molecule has 0 spiro atoms. The zero-order valence-electron chi connectivity index (χ0n) is 12.0. The van der Waals surface area contributed by atoms with Crippen molar-refractivity contribution >= 4 is 27.3 Å². The molecule has 4 heteroatoms. The van der Waals surface area contributed by atoms with Gasteiger partial charge in [-0.05, 0) is 59.6 Å². The van der Waals surface area contributed by atoms with Gasteiger partial charge < -0.3 is 5.32 Å². The van der Waals surface area contributed by atoms with Crippen molar-refractivity contribution in [3.63, 3.8) is 0 Å². The molecule has 2 nitrogen and oxygen atoms in total. The van der Waals surface area contributed by atoms with Crippen LogP contribution in [0.3, 0.4) is 0 Å². The van der Waals surface area contributed by atoms with Gasteiger partial charge in [0.05, 0.1) is 11.7 Å². The molecule has 108 valence electrons. The lowest BCUT2D eigenvalue weighted by molar-refractivity contribution is 0.519. The second-order valence-electron chi connectivity index (χ2n) is 4.80. The summed E-state index contributed by atoms with van der Waals surface area (Å²) in [5.41, 5.74) is 1.10. The Bertz CT molecular complexity index is 539. The van der Waals surface area contributed by atoms with Crippen molar-refractivity contribution in [3.05, 3.63) is 50.4 Å². The van der Waals surface area contributed by atoms with Crippen molar-refractivity contribution < 1.29 is 0 Å². The third kappa shape index (κ3) is 4.14. The van der Waals surface area contributed by atoms with Crippen LogP contribution in [0.2, 0.25) is 0 Å². The molecule has 1 atom stereocenters. The van der Waals surface area contributed by atoms with Gasteiger partial charge in [-0.2, -0.15) is 0 Å². The fraction of sp³-hybridized carbons (Fsp3) is 0.438. The predicted molar refractivity (Wildman–Crippen MR) is 90.4 cm³/mol. The van der Waals surface area contributed by atoms with Gasteiger partial charge in [-0.3, -0.25) is 4.98 Å². The van der Waals surface area contributed by atoms with Gasteiger partial charge in [0.2, 0.25) is 0 Å². The third-order valence-electron chi connectivity index (χ3n) is 3.23. The van der Waals surface area contributed by atoms with Crippen LogP contribution in [0.15, 0.2) is 34.9 Å². The van der Waals surface area contributed by atoms with Crippen molar-refractivity contribution in [1.82, 2.24) is 10.3 Å². The Kier molecular flexibility index (Phi) is 6.20. The lowest BCUT2D eigenvalue weighted by Gasteiger charge is -2.18. The quantitative estimate of drug-likeness (QED) is 0.777. The fourth-order valence-corrected chi connectivity index (χ4v) is 3.70. The molecule has 0 saturated heterocycles. The van der Waals surface area contributed by atoms with Crippen LogP contribution >= 0.6 is 27.3 Å². The van der Waals surface area contributed by atoms with Crippen LogP contribution in [0.25, 0.3) is 0 Å². The summed E-state index contributed by atoms with van der Waals surface area (Å²) in [5, 5.41) is 3.62. The number of rotatable bonds is 7. The minimum Gasteiger partial charge on any atom is -0.308 e. The lowest BCUT2D eigenvalue weighted by Crippen LogP contribution is -2.25. The van der Waals surface area contributed by atoms with E-state index in [0.29, 0.717) is 0 Å². The van der Waals surface area contributed by atoms with E-state index in [1.807, 2.05) is 23.6 Å². The van der Waals surface area contributed by atoms with Gasteiger partial charge in [0.1, 0.15) is 0 Å². The van der Waals surface area contributed by atoms with E-state index in [1.165, 1.54) is 9.75 Å². The van der Waals surface area contributed by atoms with Gasteiger partial charge >= 0.3 is 0 Å². The summed E-state index contributed by atoms with van der Waals surface area (Å²) in [6.07, 6.45) is 5.11. The molecule has 0 aliphatic carbocycles. The molecule has 1 unspecified atom stereocenters. The summed E-state index contributed by atoms with van der Waals surface area (Å²) in [5.74, 6) is 0. The first-order valence-electron chi connectivity index (χ1n) is 7.16.